The quantitative estimate of drug-likeness (QED) is 0.120. The van der Waals surface area contributed by atoms with Crippen LogP contribution in [0.1, 0.15) is 139 Å². The van der Waals surface area contributed by atoms with E-state index in [-0.39, 0.29) is 0 Å². The molecule has 0 spiro atoms. The standard InChI is InChI=1S/C72H102/c1-10-13-14-15-20-30-33(29-19-17-16-18-23(29)5)37-35(30)39-41(37)45-43(39)47-49(45)53-51(47)55-57(53)61-59(55)63-65(61)69-67(63)71-68-64-60-56-52-48-44-40-36-32-21-31(28(12-3)27(9)26(8)25(7)24(6)22(4)11-2)34(32)38(36)42(40)46(44)50(48)54(52)58(56)62(60)66(64)70(68)72(69)71/h22-72H,10-21H2,1-9H3. The van der Waals surface area contributed by atoms with Crippen molar-refractivity contribution in [3.63, 3.8) is 0 Å². The first-order valence-corrected chi connectivity index (χ1v) is 35.3. The Hall–Kier alpha value is 0. The van der Waals surface area contributed by atoms with Crippen LogP contribution in [0, 0.1) is 302 Å². The highest BCUT2D eigenvalue weighted by Gasteiger charge is 2.99. The molecule has 22 fully saturated rings. The van der Waals surface area contributed by atoms with Crippen LogP contribution in [0.4, 0.5) is 0 Å². The molecule has 22 aliphatic rings. The zero-order chi connectivity index (χ0) is 46.9. The van der Waals surface area contributed by atoms with E-state index in [9.17, 15) is 0 Å². The molecule has 51 atom stereocenters. The highest BCUT2D eigenvalue weighted by atomic mass is 15.0. The van der Waals surface area contributed by atoms with Crippen molar-refractivity contribution in [3.05, 3.63) is 0 Å². The first-order chi connectivity index (χ1) is 35.3. The lowest BCUT2D eigenvalue weighted by molar-refractivity contribution is -0.548. The summed E-state index contributed by atoms with van der Waals surface area (Å²) in [5.41, 5.74) is 0. The fraction of sp³-hybridized carbons (Fsp3) is 1.00. The molecule has 0 aromatic rings. The van der Waals surface area contributed by atoms with Crippen molar-refractivity contribution >= 4 is 0 Å². The third kappa shape index (κ3) is 3.68. The summed E-state index contributed by atoms with van der Waals surface area (Å²) in [5.74, 6) is 62.2. The van der Waals surface area contributed by atoms with Crippen LogP contribution < -0.4 is 0 Å². The maximum Gasteiger partial charge on any atom is -0.0312 e. The van der Waals surface area contributed by atoms with Gasteiger partial charge in [0.1, 0.15) is 0 Å². The summed E-state index contributed by atoms with van der Waals surface area (Å²) in [6, 6.07) is 0. The van der Waals surface area contributed by atoms with Gasteiger partial charge in [-0.2, -0.15) is 0 Å². The second-order valence-electron chi connectivity index (χ2n) is 36.0. The predicted octanol–water partition coefficient (Wildman–Crippen LogP) is 15.6. The Morgan fingerprint density at radius 3 is 1.07 bits per heavy atom. The fourth-order valence-corrected chi connectivity index (χ4v) is 36.2. The van der Waals surface area contributed by atoms with E-state index in [4.69, 9.17) is 0 Å². The monoisotopic (exact) mass is 967 g/mol. The van der Waals surface area contributed by atoms with E-state index < -0.39 is 0 Å². The summed E-state index contributed by atoms with van der Waals surface area (Å²) in [6.07, 6.45) is 18.5. The number of rotatable bonds is 14. The van der Waals surface area contributed by atoms with Crippen molar-refractivity contribution in [1.29, 1.82) is 0 Å². The molecule has 0 radical (unpaired) electrons. The SMILES string of the molecule is CCCCCCC1C(C2CCCCC2C)C2C1C1C2C2C1C1C2C2C1C1C2C2C1C1C2C2C1C1C3C4C5C6C7C8C9C%10C%11C%12CC(C(CC)C(C)C(C)C(C)C(C)C(C)CC)C%12C%11C%10C9C8C7C6C5C4C3C21. The van der Waals surface area contributed by atoms with Crippen LogP contribution in [0.25, 0.3) is 0 Å². The molecule has 0 N–H and O–H groups in total. The van der Waals surface area contributed by atoms with E-state index in [1.165, 1.54) is 281 Å². The number of fused-ring (bicyclic) bond motifs is 58. The van der Waals surface area contributed by atoms with Crippen molar-refractivity contribution in [1.82, 2.24) is 0 Å². The highest BCUT2D eigenvalue weighted by molar-refractivity contribution is 5.45. The Labute approximate surface area is 439 Å². The second-order valence-corrected chi connectivity index (χ2v) is 36.0. The van der Waals surface area contributed by atoms with Gasteiger partial charge in [-0.15, -0.1) is 0 Å². The van der Waals surface area contributed by atoms with Gasteiger partial charge >= 0.3 is 0 Å². The summed E-state index contributed by atoms with van der Waals surface area (Å²) in [4.78, 5) is 0. The molecule has 0 amide bonds. The topological polar surface area (TPSA) is 0 Å². The summed E-state index contributed by atoms with van der Waals surface area (Å²) in [6.45, 7) is 23.3. The zero-order valence-electron chi connectivity index (χ0n) is 46.9. The highest BCUT2D eigenvalue weighted by Crippen LogP contribution is 3.02. The van der Waals surface area contributed by atoms with Gasteiger partial charge in [-0.05, 0) is 321 Å². The van der Waals surface area contributed by atoms with Crippen LogP contribution in [-0.4, -0.2) is 0 Å². The smallest absolute Gasteiger partial charge is 0.0312 e. The van der Waals surface area contributed by atoms with Gasteiger partial charge in [0.2, 0.25) is 0 Å². The molecule has 0 aliphatic heterocycles. The molecule has 390 valence electrons. The minimum atomic E-state index is 0.865. The molecular weight excluding hydrogens is 865 g/mol. The maximum atomic E-state index is 2.73. The van der Waals surface area contributed by atoms with E-state index in [1.807, 2.05) is 0 Å². The number of hydrogen-bond donors (Lipinski definition) is 0. The van der Waals surface area contributed by atoms with Gasteiger partial charge < -0.3 is 0 Å². The lowest BCUT2D eigenvalue weighted by atomic mass is 9.03. The van der Waals surface area contributed by atoms with Crippen LogP contribution in [-0.2, 0) is 0 Å². The van der Waals surface area contributed by atoms with Gasteiger partial charge in [0, 0.05) is 0 Å². The van der Waals surface area contributed by atoms with E-state index in [2.05, 4.69) is 62.3 Å². The first-order valence-electron chi connectivity index (χ1n) is 35.3. The number of hydrogen-bond acceptors (Lipinski definition) is 0. The Balaban J connectivity index is 0.457. The minimum Gasteiger partial charge on any atom is -0.0654 e. The molecule has 22 aliphatic carbocycles. The largest absolute Gasteiger partial charge is 0.0654 e. The van der Waals surface area contributed by atoms with Crippen molar-refractivity contribution in [2.45, 2.75) is 139 Å². The van der Waals surface area contributed by atoms with Crippen LogP contribution in [0.5, 0.6) is 0 Å². The molecule has 0 heterocycles. The van der Waals surface area contributed by atoms with E-state index >= 15 is 0 Å². The summed E-state index contributed by atoms with van der Waals surface area (Å²) in [5, 5.41) is 0. The van der Waals surface area contributed by atoms with Gasteiger partial charge in [0.25, 0.3) is 0 Å². The third-order valence-corrected chi connectivity index (χ3v) is 38.1. The predicted molar refractivity (Wildman–Crippen MR) is 284 cm³/mol. The second kappa shape index (κ2) is 12.8. The molecule has 0 aromatic carbocycles. The average molecular weight is 968 g/mol. The Kier molecular flexibility index (Phi) is 7.45. The molecule has 22 rings (SSSR count). The Morgan fingerprint density at radius 1 is 0.319 bits per heavy atom. The Morgan fingerprint density at radius 2 is 0.681 bits per heavy atom. The zero-order valence-corrected chi connectivity index (χ0v) is 46.9. The third-order valence-electron chi connectivity index (χ3n) is 38.1. The Bertz CT molecular complexity index is 2430. The van der Waals surface area contributed by atoms with Crippen LogP contribution in [0.3, 0.4) is 0 Å². The number of unbranched alkanes of at least 4 members (excludes halogenated alkanes) is 3. The van der Waals surface area contributed by atoms with Crippen LogP contribution in [0.2, 0.25) is 0 Å². The maximum absolute atomic E-state index is 2.73. The van der Waals surface area contributed by atoms with E-state index in [1.54, 1.807) is 44.9 Å². The molecule has 22 saturated carbocycles. The molecule has 0 saturated heterocycles. The summed E-state index contributed by atoms with van der Waals surface area (Å²) < 4.78 is 0. The van der Waals surface area contributed by atoms with Gasteiger partial charge in [-0.3, -0.25) is 0 Å². The first kappa shape index (κ1) is 42.0. The van der Waals surface area contributed by atoms with Crippen molar-refractivity contribution in [2.24, 2.45) is 302 Å². The summed E-state index contributed by atoms with van der Waals surface area (Å²) in [7, 11) is 0. The van der Waals surface area contributed by atoms with Crippen LogP contribution >= 0.6 is 0 Å². The van der Waals surface area contributed by atoms with Gasteiger partial charge in [-0.1, -0.05) is 120 Å². The van der Waals surface area contributed by atoms with E-state index in [0.29, 0.717) is 0 Å². The fourth-order valence-electron chi connectivity index (χ4n) is 36.2. The average Bonchev–Trinajstić information content (AvgIpc) is 3.33. The lowest BCUT2D eigenvalue weighted by Gasteiger charge is -3.01. The van der Waals surface area contributed by atoms with Gasteiger partial charge in [0.05, 0.1) is 0 Å². The van der Waals surface area contributed by atoms with Crippen molar-refractivity contribution in [3.8, 4) is 0 Å². The summed E-state index contributed by atoms with van der Waals surface area (Å²) >= 11 is 0. The van der Waals surface area contributed by atoms with Crippen LogP contribution in [0.15, 0.2) is 0 Å². The molecule has 72 heavy (non-hydrogen) atoms. The molecule has 51 unspecified atom stereocenters. The van der Waals surface area contributed by atoms with Gasteiger partial charge in [0.15, 0.2) is 0 Å². The lowest BCUT2D eigenvalue weighted by Crippen LogP contribution is -2.98. The molecule has 0 aromatic heterocycles. The normalized spacial score (nSPS) is 75.2. The minimum absolute atomic E-state index is 0.865. The van der Waals surface area contributed by atoms with Gasteiger partial charge in [-0.25, -0.2) is 0 Å². The molecular formula is C72H102. The van der Waals surface area contributed by atoms with Crippen molar-refractivity contribution < 1.29 is 0 Å². The molecule has 0 heteroatoms. The van der Waals surface area contributed by atoms with Crippen molar-refractivity contribution in [2.75, 3.05) is 0 Å². The molecule has 0 nitrogen and oxygen atoms in total. The van der Waals surface area contributed by atoms with E-state index in [0.717, 1.165) is 53.3 Å². The molecule has 0 bridgehead atoms.